The van der Waals surface area contributed by atoms with Crippen molar-refractivity contribution >= 4 is 5.97 Å². The Kier molecular flexibility index (Phi) is 3.13. The van der Waals surface area contributed by atoms with Crippen LogP contribution in [0.5, 0.6) is 0 Å². The summed E-state index contributed by atoms with van der Waals surface area (Å²) in [5, 5.41) is 8.87. The second-order valence-corrected chi connectivity index (χ2v) is 4.54. The first-order chi connectivity index (χ1) is 8.00. The molecule has 0 saturated heterocycles. The molecule has 0 amide bonds. The van der Waals surface area contributed by atoms with Crippen molar-refractivity contribution in [2.45, 2.75) is 32.1 Å². The molecule has 92 valence electrons. The normalized spacial score (nSPS) is 23.5. The average molecular weight is 240 g/mol. The van der Waals surface area contributed by atoms with E-state index in [0.29, 0.717) is 12.8 Å². The van der Waals surface area contributed by atoms with Gasteiger partial charge in [-0.2, -0.15) is 0 Å². The van der Waals surface area contributed by atoms with Gasteiger partial charge < -0.3 is 5.11 Å². The van der Waals surface area contributed by atoms with Crippen molar-refractivity contribution in [3.05, 3.63) is 34.9 Å². The molecule has 17 heavy (non-hydrogen) atoms. The number of halogens is 2. The molecule has 1 aliphatic rings. The van der Waals surface area contributed by atoms with Crippen LogP contribution in [0.15, 0.2) is 18.2 Å². The van der Waals surface area contributed by atoms with Crippen LogP contribution in [-0.4, -0.2) is 17.5 Å². The van der Waals surface area contributed by atoms with Gasteiger partial charge in [0.1, 0.15) is 0 Å². The number of aryl methyl sites for hydroxylation is 1. The van der Waals surface area contributed by atoms with E-state index in [0.717, 1.165) is 11.1 Å². The zero-order valence-electron chi connectivity index (χ0n) is 9.49. The lowest BCUT2D eigenvalue weighted by Crippen LogP contribution is -2.24. The summed E-state index contributed by atoms with van der Waals surface area (Å²) in [6, 6.07) is 4.78. The summed E-state index contributed by atoms with van der Waals surface area (Å²) < 4.78 is 25.6. The average Bonchev–Trinajstić information content (AvgIpc) is 2.28. The lowest BCUT2D eigenvalue weighted by atomic mass is 9.76. The molecule has 2 atom stereocenters. The molecule has 0 radical (unpaired) electrons. The fourth-order valence-corrected chi connectivity index (χ4v) is 2.55. The van der Waals surface area contributed by atoms with E-state index in [1.807, 2.05) is 0 Å². The number of fused-ring (bicyclic) bond motifs is 1. The Hall–Kier alpha value is -1.45. The monoisotopic (exact) mass is 240 g/mol. The van der Waals surface area contributed by atoms with E-state index in [1.54, 1.807) is 19.1 Å². The molecule has 2 rings (SSSR count). The van der Waals surface area contributed by atoms with Gasteiger partial charge in [0, 0.05) is 5.92 Å². The summed E-state index contributed by atoms with van der Waals surface area (Å²) in [5.74, 6) is -1.80. The molecule has 1 aromatic rings. The van der Waals surface area contributed by atoms with Crippen LogP contribution in [0.25, 0.3) is 0 Å². The van der Waals surface area contributed by atoms with E-state index in [2.05, 4.69) is 0 Å². The van der Waals surface area contributed by atoms with Crippen molar-refractivity contribution in [2.24, 2.45) is 5.92 Å². The summed E-state index contributed by atoms with van der Waals surface area (Å²) in [6.45, 7) is 1.79. The van der Waals surface area contributed by atoms with Gasteiger partial charge in [0.2, 0.25) is 6.43 Å². The topological polar surface area (TPSA) is 37.3 Å². The van der Waals surface area contributed by atoms with Crippen LogP contribution >= 0.6 is 0 Å². The number of carboxylic acids is 1. The quantitative estimate of drug-likeness (QED) is 0.861. The molecule has 0 aliphatic heterocycles. The first kappa shape index (κ1) is 12.0. The molecule has 0 bridgehead atoms. The van der Waals surface area contributed by atoms with Gasteiger partial charge in [-0.05, 0) is 42.0 Å². The Morgan fingerprint density at radius 1 is 1.47 bits per heavy atom. The zero-order valence-corrected chi connectivity index (χ0v) is 9.49. The summed E-state index contributed by atoms with van der Waals surface area (Å²) in [5.41, 5.74) is 1.99. The highest BCUT2D eigenvalue weighted by Crippen LogP contribution is 2.39. The van der Waals surface area contributed by atoms with Crippen molar-refractivity contribution in [1.29, 1.82) is 0 Å². The molecule has 1 N–H and O–H groups in total. The summed E-state index contributed by atoms with van der Waals surface area (Å²) in [6.07, 6.45) is -1.35. The number of benzene rings is 1. The second-order valence-electron chi connectivity index (χ2n) is 4.54. The van der Waals surface area contributed by atoms with Crippen LogP contribution in [0.3, 0.4) is 0 Å². The van der Waals surface area contributed by atoms with E-state index in [9.17, 15) is 13.6 Å². The maximum atomic E-state index is 12.8. The predicted molar refractivity (Wildman–Crippen MR) is 59.6 cm³/mol. The molecular weight excluding hydrogens is 226 g/mol. The van der Waals surface area contributed by atoms with Crippen molar-refractivity contribution in [3.8, 4) is 0 Å². The molecular formula is C13H14F2O2. The highest BCUT2D eigenvalue weighted by molar-refractivity contribution is 5.88. The van der Waals surface area contributed by atoms with Gasteiger partial charge in [-0.3, -0.25) is 0 Å². The van der Waals surface area contributed by atoms with Crippen LogP contribution in [0, 0.1) is 5.92 Å². The first-order valence-corrected chi connectivity index (χ1v) is 5.65. The number of aromatic carboxylic acids is 1. The Morgan fingerprint density at radius 3 is 2.76 bits per heavy atom. The highest BCUT2D eigenvalue weighted by atomic mass is 19.3. The standard InChI is InChI=1S/C13H14F2O2/c1-7-10-4-3-9(13(16)17)6-8(10)2-5-11(7)12(14)15/h3-4,6-7,11-12H,2,5H2,1H3,(H,16,17). The molecule has 0 heterocycles. The third-order valence-corrected chi connectivity index (χ3v) is 3.59. The fraction of sp³-hybridized carbons (Fsp3) is 0.462. The Balaban J connectivity index is 2.35. The van der Waals surface area contributed by atoms with E-state index in [1.165, 1.54) is 6.07 Å². The van der Waals surface area contributed by atoms with Gasteiger partial charge in [0.25, 0.3) is 0 Å². The highest BCUT2D eigenvalue weighted by Gasteiger charge is 2.32. The summed E-state index contributed by atoms with van der Waals surface area (Å²) in [7, 11) is 0. The minimum absolute atomic E-state index is 0.207. The molecule has 0 aromatic heterocycles. The van der Waals surface area contributed by atoms with Gasteiger partial charge in [-0.15, -0.1) is 0 Å². The van der Waals surface area contributed by atoms with Crippen molar-refractivity contribution in [2.75, 3.05) is 0 Å². The minimum Gasteiger partial charge on any atom is -0.478 e. The van der Waals surface area contributed by atoms with Crippen molar-refractivity contribution in [3.63, 3.8) is 0 Å². The van der Waals surface area contributed by atoms with Crippen molar-refractivity contribution < 1.29 is 18.7 Å². The van der Waals surface area contributed by atoms with Crippen LogP contribution in [-0.2, 0) is 6.42 Å². The van der Waals surface area contributed by atoms with E-state index < -0.39 is 18.3 Å². The molecule has 1 aliphatic carbocycles. The first-order valence-electron chi connectivity index (χ1n) is 5.65. The molecule has 2 unspecified atom stereocenters. The van der Waals surface area contributed by atoms with Crippen LogP contribution in [0.2, 0.25) is 0 Å². The third-order valence-electron chi connectivity index (χ3n) is 3.59. The largest absolute Gasteiger partial charge is 0.478 e. The van der Waals surface area contributed by atoms with Gasteiger partial charge in [-0.1, -0.05) is 13.0 Å². The van der Waals surface area contributed by atoms with E-state index >= 15 is 0 Å². The Labute approximate surface area is 98.3 Å². The third kappa shape index (κ3) is 2.16. The van der Waals surface area contributed by atoms with Gasteiger partial charge >= 0.3 is 5.97 Å². The predicted octanol–water partition coefficient (Wildman–Crippen LogP) is 3.32. The Bertz CT molecular complexity index is 443. The molecule has 4 heteroatoms. The molecule has 2 nitrogen and oxygen atoms in total. The lowest BCUT2D eigenvalue weighted by molar-refractivity contribution is 0.0561. The van der Waals surface area contributed by atoms with E-state index in [4.69, 9.17) is 5.11 Å². The summed E-state index contributed by atoms with van der Waals surface area (Å²) >= 11 is 0. The fourth-order valence-electron chi connectivity index (χ4n) is 2.55. The number of carbonyl (C=O) groups is 1. The maximum Gasteiger partial charge on any atom is 0.335 e. The number of carboxylic acid groups (broad SMARTS) is 1. The number of hydrogen-bond acceptors (Lipinski definition) is 1. The van der Waals surface area contributed by atoms with Gasteiger partial charge in [-0.25, -0.2) is 13.6 Å². The zero-order chi connectivity index (χ0) is 12.6. The number of rotatable bonds is 2. The molecule has 0 fully saturated rings. The minimum atomic E-state index is -2.31. The van der Waals surface area contributed by atoms with Crippen molar-refractivity contribution in [1.82, 2.24) is 0 Å². The van der Waals surface area contributed by atoms with Gasteiger partial charge in [0.05, 0.1) is 5.56 Å². The smallest absolute Gasteiger partial charge is 0.335 e. The maximum absolute atomic E-state index is 12.8. The van der Waals surface area contributed by atoms with Crippen LogP contribution in [0.4, 0.5) is 8.78 Å². The lowest BCUT2D eigenvalue weighted by Gasteiger charge is -2.30. The Morgan fingerprint density at radius 2 is 2.18 bits per heavy atom. The number of alkyl halides is 2. The van der Waals surface area contributed by atoms with Gasteiger partial charge in [0.15, 0.2) is 0 Å². The summed E-state index contributed by atoms with van der Waals surface area (Å²) in [4.78, 5) is 10.8. The van der Waals surface area contributed by atoms with Crippen LogP contribution < -0.4 is 0 Å². The second kappa shape index (κ2) is 4.43. The number of hydrogen-bond donors (Lipinski definition) is 1. The molecule has 1 aromatic carbocycles. The molecule has 0 spiro atoms. The SMILES string of the molecule is CC1c2ccc(C(=O)O)cc2CCC1C(F)F. The molecule has 0 saturated carbocycles. The van der Waals surface area contributed by atoms with Crippen LogP contribution in [0.1, 0.15) is 40.7 Å². The van der Waals surface area contributed by atoms with E-state index in [-0.39, 0.29) is 11.5 Å².